The fourth-order valence-corrected chi connectivity index (χ4v) is 2.35. The van der Waals surface area contributed by atoms with Crippen molar-refractivity contribution in [3.05, 3.63) is 0 Å². The summed E-state index contributed by atoms with van der Waals surface area (Å²) in [6.07, 6.45) is 1.30. The topological polar surface area (TPSA) is 69.9 Å². The second-order valence-electron chi connectivity index (χ2n) is 5.13. The summed E-state index contributed by atoms with van der Waals surface area (Å²) in [4.78, 5) is 11.3. The van der Waals surface area contributed by atoms with Crippen molar-refractivity contribution in [2.24, 2.45) is 16.5 Å². The third-order valence-corrected chi connectivity index (χ3v) is 3.98. The average Bonchev–Trinajstić information content (AvgIpc) is 2.28. The first-order chi connectivity index (χ1) is 6.74. The monoisotopic (exact) mass is 213 g/mol. The number of hydrogen-bond donors (Lipinski definition) is 2. The van der Waals surface area contributed by atoms with Crippen molar-refractivity contribution in [1.82, 2.24) is 0 Å². The molecule has 0 amide bonds. The Morgan fingerprint density at radius 2 is 1.93 bits per heavy atom. The summed E-state index contributed by atoms with van der Waals surface area (Å²) in [5.74, 6) is -0.400. The van der Waals surface area contributed by atoms with Crippen LogP contribution in [0.5, 0.6) is 0 Å². The molecule has 0 bridgehead atoms. The SMILES string of the molecule is CC(=O)/C(=N/O)[C@H]1CC[C@@](C)(O)C1(C)C. The van der Waals surface area contributed by atoms with Crippen LogP contribution in [0.25, 0.3) is 0 Å². The van der Waals surface area contributed by atoms with Crippen LogP contribution in [0.3, 0.4) is 0 Å². The van der Waals surface area contributed by atoms with Gasteiger partial charge in [0.2, 0.25) is 0 Å². The quantitative estimate of drug-likeness (QED) is 0.416. The van der Waals surface area contributed by atoms with Gasteiger partial charge in [0.1, 0.15) is 5.71 Å². The van der Waals surface area contributed by atoms with E-state index in [0.29, 0.717) is 12.8 Å². The fourth-order valence-electron chi connectivity index (χ4n) is 2.35. The molecule has 15 heavy (non-hydrogen) atoms. The van der Waals surface area contributed by atoms with Crippen LogP contribution in [-0.2, 0) is 4.79 Å². The zero-order valence-electron chi connectivity index (χ0n) is 9.74. The van der Waals surface area contributed by atoms with E-state index in [0.717, 1.165) is 0 Å². The highest BCUT2D eigenvalue weighted by molar-refractivity contribution is 6.39. The van der Waals surface area contributed by atoms with E-state index >= 15 is 0 Å². The number of Topliss-reactive ketones (excluding diaryl/α,β-unsaturated/α-hetero) is 1. The van der Waals surface area contributed by atoms with E-state index in [2.05, 4.69) is 5.16 Å². The maximum atomic E-state index is 11.3. The van der Waals surface area contributed by atoms with Crippen LogP contribution in [-0.4, -0.2) is 27.4 Å². The Balaban J connectivity index is 3.05. The fraction of sp³-hybridized carbons (Fsp3) is 0.818. The van der Waals surface area contributed by atoms with Gasteiger partial charge in [-0.2, -0.15) is 0 Å². The number of aliphatic hydroxyl groups is 1. The summed E-state index contributed by atoms with van der Waals surface area (Å²) in [6, 6.07) is 0. The van der Waals surface area contributed by atoms with Gasteiger partial charge in [-0.3, -0.25) is 4.79 Å². The third kappa shape index (κ3) is 1.78. The minimum absolute atomic E-state index is 0.171. The molecule has 0 radical (unpaired) electrons. The van der Waals surface area contributed by atoms with E-state index < -0.39 is 11.0 Å². The van der Waals surface area contributed by atoms with Crippen molar-refractivity contribution in [2.45, 2.75) is 46.1 Å². The predicted octanol–water partition coefficient (Wildman–Crippen LogP) is 1.59. The standard InChI is InChI=1S/C11H19NO3/c1-7(13)9(12-15)8-5-6-11(4,14)10(8,2)3/h8,14-15H,5-6H2,1-4H3/b12-9-/t8-,11-/m1/s1. The van der Waals surface area contributed by atoms with Crippen molar-refractivity contribution >= 4 is 11.5 Å². The molecular formula is C11H19NO3. The lowest BCUT2D eigenvalue weighted by Gasteiger charge is -2.37. The molecule has 0 saturated heterocycles. The second-order valence-corrected chi connectivity index (χ2v) is 5.13. The second kappa shape index (κ2) is 3.59. The summed E-state index contributed by atoms with van der Waals surface area (Å²) in [7, 11) is 0. The summed E-state index contributed by atoms with van der Waals surface area (Å²) >= 11 is 0. The van der Waals surface area contributed by atoms with Gasteiger partial charge >= 0.3 is 0 Å². The first kappa shape index (κ1) is 12.2. The molecule has 0 heterocycles. The molecular weight excluding hydrogens is 194 g/mol. The number of nitrogens with zero attached hydrogens (tertiary/aromatic N) is 1. The van der Waals surface area contributed by atoms with Crippen LogP contribution in [0, 0.1) is 11.3 Å². The molecule has 0 aromatic rings. The molecule has 2 atom stereocenters. The van der Waals surface area contributed by atoms with Gasteiger partial charge in [0.25, 0.3) is 0 Å². The molecule has 4 nitrogen and oxygen atoms in total. The summed E-state index contributed by atoms with van der Waals surface area (Å²) in [5, 5.41) is 22.1. The van der Waals surface area contributed by atoms with Crippen molar-refractivity contribution in [2.75, 3.05) is 0 Å². The molecule has 0 aromatic carbocycles. The lowest BCUT2D eigenvalue weighted by molar-refractivity contribution is -0.111. The largest absolute Gasteiger partial charge is 0.411 e. The van der Waals surface area contributed by atoms with Gasteiger partial charge in [-0.1, -0.05) is 19.0 Å². The number of ketones is 1. The van der Waals surface area contributed by atoms with Crippen molar-refractivity contribution in [1.29, 1.82) is 0 Å². The minimum atomic E-state index is -0.816. The zero-order chi connectivity index (χ0) is 11.9. The first-order valence-electron chi connectivity index (χ1n) is 5.19. The number of hydrogen-bond acceptors (Lipinski definition) is 4. The van der Waals surface area contributed by atoms with E-state index in [1.807, 2.05) is 13.8 Å². The summed E-state index contributed by atoms with van der Waals surface area (Å²) in [6.45, 7) is 6.96. The predicted molar refractivity (Wildman–Crippen MR) is 57.0 cm³/mol. The molecule has 0 aromatic heterocycles. The molecule has 1 aliphatic rings. The molecule has 4 heteroatoms. The van der Waals surface area contributed by atoms with Crippen LogP contribution in [0.4, 0.5) is 0 Å². The van der Waals surface area contributed by atoms with Gasteiger partial charge in [0.15, 0.2) is 5.78 Å². The van der Waals surface area contributed by atoms with Gasteiger partial charge in [-0.05, 0) is 19.8 Å². The van der Waals surface area contributed by atoms with Gasteiger partial charge in [-0.15, -0.1) is 0 Å². The van der Waals surface area contributed by atoms with Gasteiger partial charge in [-0.25, -0.2) is 0 Å². The van der Waals surface area contributed by atoms with Crippen LogP contribution in [0.1, 0.15) is 40.5 Å². The molecule has 0 spiro atoms. The van der Waals surface area contributed by atoms with Gasteiger partial charge in [0, 0.05) is 18.3 Å². The van der Waals surface area contributed by atoms with Crippen molar-refractivity contribution < 1.29 is 15.1 Å². The lowest BCUT2D eigenvalue weighted by atomic mass is 9.71. The van der Waals surface area contributed by atoms with Crippen LogP contribution in [0.2, 0.25) is 0 Å². The van der Waals surface area contributed by atoms with E-state index in [4.69, 9.17) is 5.21 Å². The third-order valence-electron chi connectivity index (χ3n) is 3.98. The van der Waals surface area contributed by atoms with Crippen LogP contribution >= 0.6 is 0 Å². The molecule has 1 saturated carbocycles. The summed E-state index contributed by atoms with van der Waals surface area (Å²) in [5.41, 5.74) is -1.08. The van der Waals surface area contributed by atoms with Crippen molar-refractivity contribution in [3.8, 4) is 0 Å². The molecule has 1 fully saturated rings. The number of carbonyl (C=O) groups excluding carboxylic acids is 1. The Morgan fingerprint density at radius 3 is 2.20 bits per heavy atom. The maximum absolute atomic E-state index is 11.3. The maximum Gasteiger partial charge on any atom is 0.177 e. The van der Waals surface area contributed by atoms with E-state index in [-0.39, 0.29) is 17.4 Å². The zero-order valence-corrected chi connectivity index (χ0v) is 9.74. The van der Waals surface area contributed by atoms with Gasteiger partial charge < -0.3 is 10.3 Å². The minimum Gasteiger partial charge on any atom is -0.411 e. The van der Waals surface area contributed by atoms with E-state index in [1.54, 1.807) is 6.92 Å². The highest BCUT2D eigenvalue weighted by atomic mass is 16.4. The average molecular weight is 213 g/mol. The van der Waals surface area contributed by atoms with Crippen molar-refractivity contribution in [3.63, 3.8) is 0 Å². The Hall–Kier alpha value is -0.900. The number of oxime groups is 1. The first-order valence-corrected chi connectivity index (χ1v) is 5.19. The van der Waals surface area contributed by atoms with E-state index in [1.165, 1.54) is 6.92 Å². The Labute approximate surface area is 90.0 Å². The highest BCUT2D eigenvalue weighted by Gasteiger charge is 2.53. The van der Waals surface area contributed by atoms with E-state index in [9.17, 15) is 9.90 Å². The Bertz CT molecular complexity index is 305. The molecule has 1 rings (SSSR count). The summed E-state index contributed by atoms with van der Waals surface area (Å²) < 4.78 is 0. The lowest BCUT2D eigenvalue weighted by Crippen LogP contribution is -2.43. The Morgan fingerprint density at radius 1 is 1.40 bits per heavy atom. The number of rotatable bonds is 2. The smallest absolute Gasteiger partial charge is 0.177 e. The normalized spacial score (nSPS) is 35.5. The molecule has 0 aliphatic heterocycles. The van der Waals surface area contributed by atoms with Crippen LogP contribution < -0.4 is 0 Å². The van der Waals surface area contributed by atoms with Crippen LogP contribution in [0.15, 0.2) is 5.16 Å². The highest BCUT2D eigenvalue weighted by Crippen LogP contribution is 2.50. The molecule has 86 valence electrons. The Kier molecular flexibility index (Phi) is 2.92. The molecule has 0 unspecified atom stereocenters. The van der Waals surface area contributed by atoms with Gasteiger partial charge in [0.05, 0.1) is 5.60 Å². The molecule has 1 aliphatic carbocycles. The molecule has 2 N–H and O–H groups in total. The number of carbonyl (C=O) groups is 1.